The number of hydrogen-bond acceptors (Lipinski definition) is 3. The van der Waals surface area contributed by atoms with Crippen molar-refractivity contribution < 1.29 is 14.3 Å². The van der Waals surface area contributed by atoms with Crippen LogP contribution in [0.5, 0.6) is 5.75 Å². The van der Waals surface area contributed by atoms with Crippen LogP contribution in [0.2, 0.25) is 0 Å². The minimum atomic E-state index is -0.214. The van der Waals surface area contributed by atoms with Gasteiger partial charge in [0.15, 0.2) is 0 Å². The number of para-hydroxylation sites is 2. The number of amides is 2. The molecule has 5 heteroatoms. The zero-order valence-corrected chi connectivity index (χ0v) is 15.7. The molecular weight excluding hydrogens is 316 g/mol. The molecule has 0 radical (unpaired) electrons. The summed E-state index contributed by atoms with van der Waals surface area (Å²) in [6, 6.07) is 7.48. The lowest BCUT2D eigenvalue weighted by atomic mass is 9.81. The van der Waals surface area contributed by atoms with Gasteiger partial charge >= 0.3 is 0 Å². The van der Waals surface area contributed by atoms with E-state index in [0.717, 1.165) is 25.7 Å². The van der Waals surface area contributed by atoms with Gasteiger partial charge in [0.2, 0.25) is 11.8 Å². The quantitative estimate of drug-likeness (QED) is 0.853. The third-order valence-corrected chi connectivity index (χ3v) is 4.41. The van der Waals surface area contributed by atoms with Crippen molar-refractivity contribution in [1.29, 1.82) is 0 Å². The maximum absolute atomic E-state index is 12.6. The molecule has 138 valence electrons. The Hall–Kier alpha value is -2.04. The van der Waals surface area contributed by atoms with Crippen molar-refractivity contribution >= 4 is 17.5 Å². The van der Waals surface area contributed by atoms with Crippen LogP contribution in [0.15, 0.2) is 24.3 Å². The zero-order valence-electron chi connectivity index (χ0n) is 15.7. The molecule has 1 aliphatic carbocycles. The molecule has 0 unspecified atom stereocenters. The van der Waals surface area contributed by atoms with Crippen LogP contribution in [0.4, 0.5) is 5.69 Å². The first-order valence-corrected chi connectivity index (χ1v) is 9.15. The fourth-order valence-electron chi connectivity index (χ4n) is 3.18. The lowest BCUT2D eigenvalue weighted by molar-refractivity contribution is -0.129. The van der Waals surface area contributed by atoms with Crippen LogP contribution in [0.1, 0.15) is 53.4 Å². The first-order valence-electron chi connectivity index (χ1n) is 9.15. The number of anilines is 1. The van der Waals surface area contributed by atoms with E-state index >= 15 is 0 Å². The minimum absolute atomic E-state index is 0.0129. The van der Waals surface area contributed by atoms with Crippen molar-refractivity contribution in [3.63, 3.8) is 0 Å². The van der Waals surface area contributed by atoms with Gasteiger partial charge in [-0.15, -0.1) is 0 Å². The standard InChI is InChI=1S/C20H30N2O3/c1-5-25-17-9-7-6-8-16(17)21-18(23)14-10-12-15(13-11-14)19(24)22-20(2,3)4/h6-9,14-15H,5,10-13H2,1-4H3,(H,21,23)(H,22,24). The number of carbonyl (C=O) groups excluding carboxylic acids is 2. The van der Waals surface area contributed by atoms with Crippen LogP contribution in [0.3, 0.4) is 0 Å². The maximum atomic E-state index is 12.6. The summed E-state index contributed by atoms with van der Waals surface area (Å²) in [5.74, 6) is 0.777. The minimum Gasteiger partial charge on any atom is -0.492 e. The van der Waals surface area contributed by atoms with Crippen LogP contribution < -0.4 is 15.4 Å². The van der Waals surface area contributed by atoms with E-state index in [1.54, 1.807) is 0 Å². The Morgan fingerprint density at radius 2 is 1.60 bits per heavy atom. The van der Waals surface area contributed by atoms with Crippen molar-refractivity contribution in [1.82, 2.24) is 5.32 Å². The molecule has 1 saturated carbocycles. The van der Waals surface area contributed by atoms with E-state index < -0.39 is 0 Å². The molecule has 0 atom stereocenters. The lowest BCUT2D eigenvalue weighted by Gasteiger charge is -2.30. The highest BCUT2D eigenvalue weighted by Crippen LogP contribution is 2.31. The number of carbonyl (C=O) groups is 2. The van der Waals surface area contributed by atoms with Gasteiger partial charge in [0.1, 0.15) is 5.75 Å². The van der Waals surface area contributed by atoms with Crippen LogP contribution in [-0.2, 0) is 9.59 Å². The second-order valence-electron chi connectivity index (χ2n) is 7.71. The molecule has 0 saturated heterocycles. The second-order valence-corrected chi connectivity index (χ2v) is 7.71. The summed E-state index contributed by atoms with van der Waals surface area (Å²) in [5.41, 5.74) is 0.496. The van der Waals surface area contributed by atoms with E-state index in [9.17, 15) is 9.59 Å². The Bertz CT molecular complexity index is 599. The first kappa shape index (κ1) is 19.3. The normalized spacial score (nSPS) is 20.6. The molecular formula is C20H30N2O3. The smallest absolute Gasteiger partial charge is 0.227 e. The van der Waals surface area contributed by atoms with Crippen molar-refractivity contribution in [3.8, 4) is 5.75 Å². The molecule has 2 N–H and O–H groups in total. The van der Waals surface area contributed by atoms with Gasteiger partial charge in [-0.3, -0.25) is 9.59 Å². The Balaban J connectivity index is 1.88. The fourth-order valence-corrected chi connectivity index (χ4v) is 3.18. The van der Waals surface area contributed by atoms with E-state index in [0.29, 0.717) is 18.0 Å². The zero-order chi connectivity index (χ0) is 18.4. The van der Waals surface area contributed by atoms with Crippen molar-refractivity contribution in [2.75, 3.05) is 11.9 Å². The highest BCUT2D eigenvalue weighted by atomic mass is 16.5. The molecule has 0 aliphatic heterocycles. The van der Waals surface area contributed by atoms with Crippen LogP contribution in [0.25, 0.3) is 0 Å². The van der Waals surface area contributed by atoms with Crippen molar-refractivity contribution in [3.05, 3.63) is 24.3 Å². The Labute approximate surface area is 150 Å². The van der Waals surface area contributed by atoms with Crippen molar-refractivity contribution in [2.45, 2.75) is 58.9 Å². The molecule has 5 nitrogen and oxygen atoms in total. The molecule has 1 aromatic carbocycles. The van der Waals surface area contributed by atoms with E-state index in [1.807, 2.05) is 52.0 Å². The molecule has 0 spiro atoms. The molecule has 0 heterocycles. The molecule has 2 amide bonds. The van der Waals surface area contributed by atoms with Crippen LogP contribution >= 0.6 is 0 Å². The van der Waals surface area contributed by atoms with E-state index in [4.69, 9.17) is 4.74 Å². The van der Waals surface area contributed by atoms with Gasteiger partial charge in [0, 0.05) is 17.4 Å². The largest absolute Gasteiger partial charge is 0.492 e. The third kappa shape index (κ3) is 5.76. The fraction of sp³-hybridized carbons (Fsp3) is 0.600. The molecule has 1 aromatic rings. The highest BCUT2D eigenvalue weighted by molar-refractivity contribution is 5.94. The van der Waals surface area contributed by atoms with Gasteiger partial charge in [0.25, 0.3) is 0 Å². The molecule has 0 aromatic heterocycles. The maximum Gasteiger partial charge on any atom is 0.227 e. The van der Waals surface area contributed by atoms with Gasteiger partial charge < -0.3 is 15.4 Å². The number of benzene rings is 1. The molecule has 25 heavy (non-hydrogen) atoms. The summed E-state index contributed by atoms with van der Waals surface area (Å²) in [6.07, 6.45) is 3.00. The van der Waals surface area contributed by atoms with E-state index in [2.05, 4.69) is 10.6 Å². The Kier molecular flexibility index (Phi) is 6.45. The summed E-state index contributed by atoms with van der Waals surface area (Å²) >= 11 is 0. The number of rotatable bonds is 5. The monoisotopic (exact) mass is 346 g/mol. The summed E-state index contributed by atoms with van der Waals surface area (Å²) in [4.78, 5) is 24.8. The second kappa shape index (κ2) is 8.37. The van der Waals surface area contributed by atoms with Crippen LogP contribution in [0, 0.1) is 11.8 Å². The number of ether oxygens (including phenoxy) is 1. The Morgan fingerprint density at radius 3 is 2.16 bits per heavy atom. The van der Waals surface area contributed by atoms with Gasteiger partial charge in [0.05, 0.1) is 12.3 Å². The van der Waals surface area contributed by atoms with E-state index in [-0.39, 0.29) is 29.2 Å². The van der Waals surface area contributed by atoms with Gasteiger partial charge in [-0.2, -0.15) is 0 Å². The molecule has 1 fully saturated rings. The molecule has 2 rings (SSSR count). The predicted molar refractivity (Wildman–Crippen MR) is 99.6 cm³/mol. The summed E-state index contributed by atoms with van der Waals surface area (Å²) < 4.78 is 5.55. The lowest BCUT2D eigenvalue weighted by Crippen LogP contribution is -2.45. The molecule has 1 aliphatic rings. The number of hydrogen-bond donors (Lipinski definition) is 2. The number of nitrogens with one attached hydrogen (secondary N) is 2. The summed E-state index contributed by atoms with van der Waals surface area (Å²) in [5, 5.41) is 6.02. The van der Waals surface area contributed by atoms with E-state index in [1.165, 1.54) is 0 Å². The van der Waals surface area contributed by atoms with Crippen LogP contribution in [-0.4, -0.2) is 24.0 Å². The predicted octanol–water partition coefficient (Wildman–Crippen LogP) is 3.74. The van der Waals surface area contributed by atoms with Gasteiger partial charge in [-0.25, -0.2) is 0 Å². The van der Waals surface area contributed by atoms with Gasteiger partial charge in [-0.1, -0.05) is 12.1 Å². The topological polar surface area (TPSA) is 67.4 Å². The SMILES string of the molecule is CCOc1ccccc1NC(=O)C1CCC(C(=O)NC(C)(C)C)CC1. The average Bonchev–Trinajstić information content (AvgIpc) is 2.55. The van der Waals surface area contributed by atoms with Crippen molar-refractivity contribution in [2.24, 2.45) is 11.8 Å². The Morgan fingerprint density at radius 1 is 1.04 bits per heavy atom. The molecule has 0 bridgehead atoms. The third-order valence-electron chi connectivity index (χ3n) is 4.41. The summed E-state index contributed by atoms with van der Waals surface area (Å²) in [6.45, 7) is 8.43. The first-order chi connectivity index (χ1) is 11.8. The van der Waals surface area contributed by atoms with Gasteiger partial charge in [-0.05, 0) is 65.5 Å². The highest BCUT2D eigenvalue weighted by Gasteiger charge is 2.31. The average molecular weight is 346 g/mol. The summed E-state index contributed by atoms with van der Waals surface area (Å²) in [7, 11) is 0.